The maximum atomic E-state index is 4.42. The van der Waals surface area contributed by atoms with Crippen LogP contribution in [0.5, 0.6) is 0 Å². The second-order valence-electron chi connectivity index (χ2n) is 11.4. The van der Waals surface area contributed by atoms with E-state index in [4.69, 9.17) is 0 Å². The van der Waals surface area contributed by atoms with Crippen molar-refractivity contribution in [1.82, 2.24) is 0 Å². The molecule has 1 unspecified atom stereocenters. The molecule has 0 radical (unpaired) electrons. The van der Waals surface area contributed by atoms with Crippen molar-refractivity contribution < 1.29 is 35.9 Å². The van der Waals surface area contributed by atoms with Gasteiger partial charge >= 0.3 is 0 Å². The molecule has 0 spiro atoms. The molecule has 4 heteroatoms. The highest BCUT2D eigenvalue weighted by Crippen LogP contribution is 2.13. The smallest absolute Gasteiger partial charge is 0.0845 e. The molecule has 2 nitrogen and oxygen atoms in total. The molecule has 0 aliphatic carbocycles. The van der Waals surface area contributed by atoms with E-state index in [1.807, 2.05) is 0 Å². The highest BCUT2D eigenvalue weighted by atomic mass is 35.5. The highest BCUT2D eigenvalue weighted by Gasteiger charge is 2.06. The Hall–Kier alpha value is 0.500. The van der Waals surface area contributed by atoms with Crippen molar-refractivity contribution in [1.29, 1.82) is 0 Å². The quantitative estimate of drug-likeness (QED) is 0.129. The first-order valence-corrected chi connectivity index (χ1v) is 16.5. The molecule has 0 rings (SSSR count). The van der Waals surface area contributed by atoms with Crippen molar-refractivity contribution in [3.8, 4) is 0 Å². The third kappa shape index (κ3) is 36.7. The lowest BCUT2D eigenvalue weighted by atomic mass is 10.0. The van der Waals surface area contributed by atoms with Crippen molar-refractivity contribution >= 4 is 0 Å². The Balaban J connectivity index is -0.00000544. The number of quaternary nitrogens is 2. The predicted molar refractivity (Wildman–Crippen MR) is 154 cm³/mol. The van der Waals surface area contributed by atoms with Gasteiger partial charge in [0.1, 0.15) is 0 Å². The minimum absolute atomic E-state index is 0. The highest BCUT2D eigenvalue weighted by molar-refractivity contribution is 4.55. The first-order chi connectivity index (χ1) is 16.8. The predicted octanol–water partition coefficient (Wildman–Crippen LogP) is 2.74. The maximum absolute atomic E-state index is 4.42. The van der Waals surface area contributed by atoms with Crippen molar-refractivity contribution in [2.24, 2.45) is 0 Å². The molecule has 0 aliphatic rings. The molecule has 0 aromatic rings. The van der Waals surface area contributed by atoms with E-state index in [2.05, 4.69) is 24.9 Å². The summed E-state index contributed by atoms with van der Waals surface area (Å²) in [5.41, 5.74) is 4.42. The number of rotatable bonds is 30. The topological polar surface area (TPSA) is 44.2 Å². The first-order valence-electron chi connectivity index (χ1n) is 16.5. The van der Waals surface area contributed by atoms with Crippen molar-refractivity contribution in [3.63, 3.8) is 0 Å². The average Bonchev–Trinajstić information content (AvgIpc) is 2.84. The van der Waals surface area contributed by atoms with E-state index in [0.29, 0.717) is 6.04 Å². The van der Waals surface area contributed by atoms with Crippen LogP contribution in [0.15, 0.2) is 0 Å². The van der Waals surface area contributed by atoms with Gasteiger partial charge in [0.2, 0.25) is 0 Å². The largest absolute Gasteiger partial charge is 1.00 e. The summed E-state index contributed by atoms with van der Waals surface area (Å²) >= 11 is 0. The van der Waals surface area contributed by atoms with Gasteiger partial charge in [-0.15, -0.1) is 0 Å². The number of hydrogen-bond donors (Lipinski definition) is 2. The van der Waals surface area contributed by atoms with E-state index in [1.165, 1.54) is 186 Å². The lowest BCUT2D eigenvalue weighted by Gasteiger charge is -2.08. The fourth-order valence-corrected chi connectivity index (χ4v) is 5.24. The van der Waals surface area contributed by atoms with Crippen LogP contribution < -0.4 is 35.9 Å². The standard InChI is InChI=1S/C32H68N2.2ClH/c1-3-5-7-9-11-13-15-17-19-21-23-25-28-32(33)29-27-31-34-30-26-24-22-20-18-16-14-12-10-8-6-4-2;;/h32,34H,3-31,33H2,1-2H3;2*1H. The number of halogens is 2. The molecule has 0 saturated carbocycles. The van der Waals surface area contributed by atoms with Gasteiger partial charge in [-0.1, -0.05) is 149 Å². The fraction of sp³-hybridized carbons (Fsp3) is 1.00. The third-order valence-electron chi connectivity index (χ3n) is 7.75. The van der Waals surface area contributed by atoms with Crippen LogP contribution in [0.4, 0.5) is 0 Å². The second-order valence-corrected chi connectivity index (χ2v) is 11.4. The van der Waals surface area contributed by atoms with Crippen LogP contribution in [0.1, 0.15) is 187 Å². The summed E-state index contributed by atoms with van der Waals surface area (Å²) in [5.74, 6) is 0. The lowest BCUT2D eigenvalue weighted by molar-refractivity contribution is -0.656. The zero-order valence-corrected chi connectivity index (χ0v) is 26.6. The van der Waals surface area contributed by atoms with E-state index in [0.717, 1.165) is 0 Å². The summed E-state index contributed by atoms with van der Waals surface area (Å²) in [6, 6.07) is 0.697. The minimum atomic E-state index is 0. The molecular formula is C32H70Cl2N2. The Kier molecular flexibility index (Phi) is 42.9. The van der Waals surface area contributed by atoms with E-state index in [9.17, 15) is 0 Å². The van der Waals surface area contributed by atoms with E-state index in [1.54, 1.807) is 0 Å². The molecule has 222 valence electrons. The summed E-state index contributed by atoms with van der Waals surface area (Å²) < 4.78 is 0. The minimum Gasteiger partial charge on any atom is -1.00 e. The fourth-order valence-electron chi connectivity index (χ4n) is 5.24. The average molecular weight is 554 g/mol. The number of hydrogen-bond acceptors (Lipinski definition) is 0. The molecule has 0 amide bonds. The monoisotopic (exact) mass is 552 g/mol. The lowest BCUT2D eigenvalue weighted by Crippen LogP contribution is -3.00. The van der Waals surface area contributed by atoms with Crippen LogP contribution in [-0.4, -0.2) is 19.1 Å². The van der Waals surface area contributed by atoms with Crippen molar-refractivity contribution in [2.45, 2.75) is 193 Å². The Bertz CT molecular complexity index is 355. The number of nitrogens with two attached hydrogens (primary N) is 1. The van der Waals surface area contributed by atoms with Gasteiger partial charge < -0.3 is 35.9 Å². The third-order valence-corrected chi connectivity index (χ3v) is 7.75. The van der Waals surface area contributed by atoms with Crippen LogP contribution in [-0.2, 0) is 0 Å². The van der Waals surface area contributed by atoms with Gasteiger partial charge in [0, 0.05) is 12.8 Å². The molecule has 0 fully saturated rings. The van der Waals surface area contributed by atoms with Gasteiger partial charge in [0.25, 0.3) is 0 Å². The van der Waals surface area contributed by atoms with Gasteiger partial charge in [-0.2, -0.15) is 0 Å². The van der Waals surface area contributed by atoms with Crippen LogP contribution in [0, 0.1) is 0 Å². The van der Waals surface area contributed by atoms with E-state index in [-0.39, 0.29) is 24.8 Å². The number of unbranched alkanes of at least 4 members (excludes halogenated alkanes) is 22. The normalized spacial score (nSPS) is 11.8. The molecule has 0 bridgehead atoms. The van der Waals surface area contributed by atoms with Gasteiger partial charge in [0.15, 0.2) is 0 Å². The Labute approximate surface area is 241 Å². The first kappa shape index (κ1) is 41.0. The van der Waals surface area contributed by atoms with Gasteiger partial charge in [-0.3, -0.25) is 0 Å². The summed E-state index contributed by atoms with van der Waals surface area (Å²) in [4.78, 5) is 0. The molecule has 36 heavy (non-hydrogen) atoms. The van der Waals surface area contributed by atoms with Gasteiger partial charge in [-0.25, -0.2) is 0 Å². The summed E-state index contributed by atoms with van der Waals surface area (Å²) in [7, 11) is 0. The van der Waals surface area contributed by atoms with Crippen LogP contribution in [0.3, 0.4) is 0 Å². The summed E-state index contributed by atoms with van der Waals surface area (Å²) in [6.45, 7) is 7.27. The van der Waals surface area contributed by atoms with Crippen LogP contribution >= 0.6 is 0 Å². The zero-order chi connectivity index (χ0) is 24.8. The molecule has 0 saturated heterocycles. The molecule has 0 aliphatic heterocycles. The SMILES string of the molecule is CCCCCCCCCCCCCC[NH2+]CCCC([NH3+])CCCCCCCCCCCCCC.[Cl-].[Cl-]. The molecular weight excluding hydrogens is 483 g/mol. The van der Waals surface area contributed by atoms with Crippen LogP contribution in [0.25, 0.3) is 0 Å². The van der Waals surface area contributed by atoms with Crippen LogP contribution in [0.2, 0.25) is 0 Å². The van der Waals surface area contributed by atoms with Gasteiger partial charge in [-0.05, 0) is 25.7 Å². The Morgan fingerprint density at radius 1 is 0.389 bits per heavy atom. The van der Waals surface area contributed by atoms with E-state index >= 15 is 0 Å². The molecule has 5 N–H and O–H groups in total. The Morgan fingerprint density at radius 2 is 0.667 bits per heavy atom. The van der Waals surface area contributed by atoms with E-state index < -0.39 is 0 Å². The summed E-state index contributed by atoms with van der Waals surface area (Å²) in [6.07, 6.45) is 38.9. The molecule has 1 atom stereocenters. The maximum Gasteiger partial charge on any atom is 0.0845 e. The molecule has 0 heterocycles. The second kappa shape index (κ2) is 37.7. The summed E-state index contributed by atoms with van der Waals surface area (Å²) in [5, 5.41) is 2.56. The molecule has 0 aromatic carbocycles. The van der Waals surface area contributed by atoms with Crippen molar-refractivity contribution in [2.75, 3.05) is 13.1 Å². The molecule has 0 aromatic heterocycles. The Morgan fingerprint density at radius 3 is 1.06 bits per heavy atom. The van der Waals surface area contributed by atoms with Crippen molar-refractivity contribution in [3.05, 3.63) is 0 Å². The zero-order valence-electron chi connectivity index (χ0n) is 25.1. The van der Waals surface area contributed by atoms with Gasteiger partial charge in [0.05, 0.1) is 19.1 Å².